The summed E-state index contributed by atoms with van der Waals surface area (Å²) in [4.78, 5) is 4.56. The van der Waals surface area contributed by atoms with E-state index < -0.39 is 0 Å². The standard InChI is InChI=1S/C14H17BrN2/c1-4-11-5-7-12(8-6-11)9-13-14(15)17(3)10(2)16-13/h5-8H,4,9H2,1-3H3. The van der Waals surface area contributed by atoms with Crippen molar-refractivity contribution in [3.05, 3.63) is 51.5 Å². The molecule has 17 heavy (non-hydrogen) atoms. The number of imidazole rings is 1. The van der Waals surface area contributed by atoms with E-state index in [1.807, 2.05) is 14.0 Å². The Morgan fingerprint density at radius 3 is 2.24 bits per heavy atom. The Hall–Kier alpha value is -1.09. The number of aryl methyl sites for hydroxylation is 2. The van der Waals surface area contributed by atoms with Crippen molar-refractivity contribution in [3.8, 4) is 0 Å². The van der Waals surface area contributed by atoms with E-state index in [-0.39, 0.29) is 0 Å². The third-order valence-corrected chi connectivity index (χ3v) is 4.11. The first-order valence-corrected chi connectivity index (χ1v) is 6.66. The van der Waals surface area contributed by atoms with Gasteiger partial charge in [0.25, 0.3) is 0 Å². The van der Waals surface area contributed by atoms with Gasteiger partial charge in [-0.3, -0.25) is 0 Å². The van der Waals surface area contributed by atoms with Gasteiger partial charge in [0.2, 0.25) is 0 Å². The lowest BCUT2D eigenvalue weighted by Gasteiger charge is -2.02. The molecule has 2 aromatic rings. The van der Waals surface area contributed by atoms with E-state index in [1.54, 1.807) is 0 Å². The number of benzene rings is 1. The van der Waals surface area contributed by atoms with Crippen LogP contribution in [0.15, 0.2) is 28.9 Å². The van der Waals surface area contributed by atoms with Crippen LogP contribution in [0.25, 0.3) is 0 Å². The van der Waals surface area contributed by atoms with Crippen molar-refractivity contribution in [3.63, 3.8) is 0 Å². The van der Waals surface area contributed by atoms with E-state index in [2.05, 4.69) is 56.7 Å². The Balaban J connectivity index is 2.22. The minimum Gasteiger partial charge on any atom is -0.326 e. The van der Waals surface area contributed by atoms with Crippen LogP contribution in [0.3, 0.4) is 0 Å². The van der Waals surface area contributed by atoms with E-state index in [9.17, 15) is 0 Å². The Labute approximate surface area is 111 Å². The van der Waals surface area contributed by atoms with Gasteiger partial charge < -0.3 is 4.57 Å². The molecule has 1 aromatic heterocycles. The van der Waals surface area contributed by atoms with Crippen LogP contribution in [0.1, 0.15) is 29.6 Å². The Bertz CT molecular complexity index is 512. The summed E-state index contributed by atoms with van der Waals surface area (Å²) in [7, 11) is 2.02. The molecule has 0 fully saturated rings. The average molecular weight is 293 g/mol. The molecule has 0 saturated carbocycles. The molecule has 0 aliphatic rings. The van der Waals surface area contributed by atoms with Gasteiger partial charge in [0.05, 0.1) is 5.69 Å². The molecule has 0 bridgehead atoms. The molecule has 1 heterocycles. The summed E-state index contributed by atoms with van der Waals surface area (Å²) in [6, 6.07) is 8.77. The predicted molar refractivity (Wildman–Crippen MR) is 74.3 cm³/mol. The van der Waals surface area contributed by atoms with Crippen LogP contribution in [0.5, 0.6) is 0 Å². The molecule has 0 unspecified atom stereocenters. The second kappa shape index (κ2) is 5.05. The summed E-state index contributed by atoms with van der Waals surface area (Å²) in [5.41, 5.74) is 3.79. The van der Waals surface area contributed by atoms with E-state index in [4.69, 9.17) is 0 Å². The van der Waals surface area contributed by atoms with Crippen molar-refractivity contribution >= 4 is 15.9 Å². The van der Waals surface area contributed by atoms with E-state index in [1.165, 1.54) is 11.1 Å². The maximum atomic E-state index is 4.56. The van der Waals surface area contributed by atoms with Crippen LogP contribution >= 0.6 is 15.9 Å². The molecular weight excluding hydrogens is 276 g/mol. The van der Waals surface area contributed by atoms with Gasteiger partial charge in [-0.2, -0.15) is 0 Å². The summed E-state index contributed by atoms with van der Waals surface area (Å²) >= 11 is 3.59. The molecule has 0 amide bonds. The number of hydrogen-bond donors (Lipinski definition) is 0. The van der Waals surface area contributed by atoms with Crippen molar-refractivity contribution in [1.29, 1.82) is 0 Å². The highest BCUT2D eigenvalue weighted by atomic mass is 79.9. The molecule has 0 spiro atoms. The van der Waals surface area contributed by atoms with E-state index in [0.29, 0.717) is 0 Å². The second-order valence-electron chi connectivity index (χ2n) is 4.30. The molecule has 2 nitrogen and oxygen atoms in total. The van der Waals surface area contributed by atoms with Crippen LogP contribution in [-0.4, -0.2) is 9.55 Å². The maximum absolute atomic E-state index is 4.56. The lowest BCUT2D eigenvalue weighted by atomic mass is 10.1. The number of nitrogens with zero attached hydrogens (tertiary/aromatic N) is 2. The summed E-state index contributed by atoms with van der Waals surface area (Å²) in [5.74, 6) is 1.04. The van der Waals surface area contributed by atoms with Crippen LogP contribution in [0.2, 0.25) is 0 Å². The van der Waals surface area contributed by atoms with Crippen molar-refractivity contribution in [1.82, 2.24) is 9.55 Å². The Kier molecular flexibility index (Phi) is 3.67. The van der Waals surface area contributed by atoms with Gasteiger partial charge in [-0.15, -0.1) is 0 Å². The summed E-state index contributed by atoms with van der Waals surface area (Å²) < 4.78 is 3.14. The second-order valence-corrected chi connectivity index (χ2v) is 5.05. The number of halogens is 1. The first-order valence-electron chi connectivity index (χ1n) is 5.87. The molecule has 1 aromatic carbocycles. The molecule has 0 aliphatic heterocycles. The van der Waals surface area contributed by atoms with Gasteiger partial charge in [-0.1, -0.05) is 31.2 Å². The Morgan fingerprint density at radius 2 is 1.76 bits per heavy atom. The van der Waals surface area contributed by atoms with Gasteiger partial charge in [0, 0.05) is 13.5 Å². The van der Waals surface area contributed by atoms with Gasteiger partial charge in [0.15, 0.2) is 0 Å². The lowest BCUT2D eigenvalue weighted by Crippen LogP contribution is -1.92. The molecule has 2 rings (SSSR count). The van der Waals surface area contributed by atoms with Gasteiger partial charge >= 0.3 is 0 Å². The summed E-state index contributed by atoms with van der Waals surface area (Å²) in [6.45, 7) is 4.20. The van der Waals surface area contributed by atoms with Crippen LogP contribution in [-0.2, 0) is 19.9 Å². The maximum Gasteiger partial charge on any atom is 0.108 e. The molecule has 0 radical (unpaired) electrons. The lowest BCUT2D eigenvalue weighted by molar-refractivity contribution is 0.839. The predicted octanol–water partition coefficient (Wildman–Crippen LogP) is 3.64. The fourth-order valence-electron chi connectivity index (χ4n) is 1.85. The third kappa shape index (κ3) is 2.60. The first kappa shape index (κ1) is 12.4. The Morgan fingerprint density at radius 1 is 1.18 bits per heavy atom. The molecule has 0 N–H and O–H groups in total. The van der Waals surface area contributed by atoms with Crippen molar-refractivity contribution in [2.75, 3.05) is 0 Å². The minimum atomic E-state index is 0.881. The van der Waals surface area contributed by atoms with E-state index in [0.717, 1.165) is 29.0 Å². The zero-order valence-corrected chi connectivity index (χ0v) is 12.1. The van der Waals surface area contributed by atoms with Gasteiger partial charge in [-0.05, 0) is 40.4 Å². The monoisotopic (exact) mass is 292 g/mol. The molecular formula is C14H17BrN2. The fraction of sp³-hybridized carbons (Fsp3) is 0.357. The molecule has 90 valence electrons. The summed E-state index contributed by atoms with van der Waals surface area (Å²) in [6.07, 6.45) is 1.97. The van der Waals surface area contributed by atoms with Crippen molar-refractivity contribution < 1.29 is 0 Å². The molecule has 0 saturated heterocycles. The fourth-order valence-corrected chi connectivity index (χ4v) is 2.34. The molecule has 0 atom stereocenters. The topological polar surface area (TPSA) is 17.8 Å². The zero-order valence-electron chi connectivity index (χ0n) is 10.5. The highest BCUT2D eigenvalue weighted by Gasteiger charge is 2.09. The number of aromatic nitrogens is 2. The average Bonchev–Trinajstić information content (AvgIpc) is 2.58. The number of hydrogen-bond acceptors (Lipinski definition) is 1. The van der Waals surface area contributed by atoms with Gasteiger partial charge in [0.1, 0.15) is 10.4 Å². The third-order valence-electron chi connectivity index (χ3n) is 3.12. The normalized spacial score (nSPS) is 10.8. The highest BCUT2D eigenvalue weighted by molar-refractivity contribution is 9.10. The zero-order chi connectivity index (χ0) is 12.4. The largest absolute Gasteiger partial charge is 0.326 e. The van der Waals surface area contributed by atoms with Crippen LogP contribution in [0, 0.1) is 6.92 Å². The SMILES string of the molecule is CCc1ccc(Cc2nc(C)n(C)c2Br)cc1. The van der Waals surface area contributed by atoms with Crippen molar-refractivity contribution in [2.24, 2.45) is 7.05 Å². The minimum absolute atomic E-state index is 0.881. The highest BCUT2D eigenvalue weighted by Crippen LogP contribution is 2.20. The van der Waals surface area contributed by atoms with E-state index >= 15 is 0 Å². The summed E-state index contributed by atoms with van der Waals surface area (Å²) in [5, 5.41) is 0. The molecule has 0 aliphatic carbocycles. The quantitative estimate of drug-likeness (QED) is 0.844. The number of rotatable bonds is 3. The van der Waals surface area contributed by atoms with Crippen LogP contribution in [0.4, 0.5) is 0 Å². The van der Waals surface area contributed by atoms with Crippen LogP contribution < -0.4 is 0 Å². The van der Waals surface area contributed by atoms with Gasteiger partial charge in [-0.25, -0.2) is 4.98 Å². The molecule has 3 heteroatoms. The van der Waals surface area contributed by atoms with Crippen molar-refractivity contribution in [2.45, 2.75) is 26.7 Å². The smallest absolute Gasteiger partial charge is 0.108 e. The first-order chi connectivity index (χ1) is 8.11.